The molecule has 20 heavy (non-hydrogen) atoms. The van der Waals surface area contributed by atoms with Gasteiger partial charge in [0.2, 0.25) is 11.7 Å². The van der Waals surface area contributed by atoms with Gasteiger partial charge in [-0.05, 0) is 23.7 Å². The number of fused-ring (bicyclic) bond motifs is 2. The van der Waals surface area contributed by atoms with Crippen LogP contribution in [-0.4, -0.2) is 10.9 Å². The standard InChI is InChI=1S/C17H17N3/c1-13-11-19(15-8-4-3-7-14(13)15)20-12-18(2)16-9-5-6-10-17(16)20/h3-13H,1-2H3/q+2. The lowest BCUT2D eigenvalue weighted by atomic mass is 10.0. The van der Waals surface area contributed by atoms with E-state index in [-0.39, 0.29) is 0 Å². The summed E-state index contributed by atoms with van der Waals surface area (Å²) in [6, 6.07) is 17.1. The Kier molecular flexibility index (Phi) is 2.30. The van der Waals surface area contributed by atoms with Gasteiger partial charge in [-0.25, -0.2) is 4.57 Å². The summed E-state index contributed by atoms with van der Waals surface area (Å²) in [7, 11) is 2.09. The van der Waals surface area contributed by atoms with Crippen LogP contribution in [-0.2, 0) is 7.05 Å². The second kappa shape index (κ2) is 4.04. The monoisotopic (exact) mass is 263 g/mol. The van der Waals surface area contributed by atoms with E-state index in [1.165, 1.54) is 22.3 Å². The van der Waals surface area contributed by atoms with Crippen LogP contribution in [0, 0.1) is 0 Å². The molecule has 0 bridgehead atoms. The maximum atomic E-state index is 2.27. The first-order chi connectivity index (χ1) is 9.75. The molecule has 0 spiro atoms. The van der Waals surface area contributed by atoms with Gasteiger partial charge in [-0.1, -0.05) is 30.3 Å². The van der Waals surface area contributed by atoms with E-state index in [1.807, 2.05) is 0 Å². The summed E-state index contributed by atoms with van der Waals surface area (Å²) in [6.07, 6.45) is 4.41. The van der Waals surface area contributed by atoms with E-state index in [0.717, 1.165) is 0 Å². The van der Waals surface area contributed by atoms with Crippen molar-refractivity contribution in [2.24, 2.45) is 7.05 Å². The summed E-state index contributed by atoms with van der Waals surface area (Å²) in [4.78, 5) is 0. The van der Waals surface area contributed by atoms with Crippen molar-refractivity contribution >= 4 is 22.9 Å². The number of nitrogens with zero attached hydrogens (tertiary/aromatic N) is 3. The van der Waals surface area contributed by atoms with Crippen molar-refractivity contribution in [3.8, 4) is 0 Å². The Morgan fingerprint density at radius 3 is 2.65 bits per heavy atom. The second-order valence-corrected chi connectivity index (χ2v) is 5.40. The highest BCUT2D eigenvalue weighted by molar-refractivity contribution is 5.82. The molecule has 2 aromatic carbocycles. The van der Waals surface area contributed by atoms with Crippen molar-refractivity contribution < 1.29 is 4.57 Å². The van der Waals surface area contributed by atoms with Crippen LogP contribution in [0.5, 0.6) is 0 Å². The smallest absolute Gasteiger partial charge is 0.227 e. The van der Waals surface area contributed by atoms with Gasteiger partial charge < -0.3 is 0 Å². The number of rotatable bonds is 1. The zero-order valence-electron chi connectivity index (χ0n) is 11.7. The summed E-state index contributed by atoms with van der Waals surface area (Å²) in [5, 5.41) is 0. The van der Waals surface area contributed by atoms with Gasteiger partial charge in [-0.3, -0.25) is 0 Å². The molecule has 0 saturated heterocycles. The van der Waals surface area contributed by atoms with E-state index in [1.54, 1.807) is 0 Å². The first kappa shape index (κ1) is 11.4. The van der Waals surface area contributed by atoms with Crippen LogP contribution in [0.3, 0.4) is 0 Å². The molecule has 2 heterocycles. The maximum Gasteiger partial charge on any atom is 0.308 e. The van der Waals surface area contributed by atoms with Crippen LogP contribution in [0.4, 0.5) is 5.69 Å². The summed E-state index contributed by atoms with van der Waals surface area (Å²) >= 11 is 0. The lowest BCUT2D eigenvalue weighted by Crippen LogP contribution is -2.27. The van der Waals surface area contributed by atoms with E-state index in [2.05, 4.69) is 89.0 Å². The zero-order valence-corrected chi connectivity index (χ0v) is 11.7. The number of aromatic nitrogens is 2. The first-order valence-electron chi connectivity index (χ1n) is 6.95. The highest BCUT2D eigenvalue weighted by atomic mass is 15.5. The van der Waals surface area contributed by atoms with E-state index >= 15 is 0 Å². The van der Waals surface area contributed by atoms with Gasteiger partial charge in [0, 0.05) is 16.3 Å². The quantitative estimate of drug-likeness (QED) is 0.598. The van der Waals surface area contributed by atoms with Gasteiger partial charge in [0.25, 0.3) is 5.69 Å². The minimum absolute atomic E-state index is 0.442. The van der Waals surface area contributed by atoms with E-state index in [4.69, 9.17) is 0 Å². The fourth-order valence-corrected chi connectivity index (χ4v) is 3.06. The second-order valence-electron chi connectivity index (χ2n) is 5.40. The Hall–Kier alpha value is -2.42. The Bertz CT molecular complexity index is 842. The zero-order chi connectivity index (χ0) is 13.7. The summed E-state index contributed by atoms with van der Waals surface area (Å²) in [6.45, 7) is 2.24. The molecule has 1 aliphatic rings. The van der Waals surface area contributed by atoms with Gasteiger partial charge in [0.15, 0.2) is 5.52 Å². The number of hydrogen-bond donors (Lipinski definition) is 0. The molecule has 0 amide bonds. The number of imidazole rings is 1. The largest absolute Gasteiger partial charge is 0.308 e. The third kappa shape index (κ3) is 1.46. The van der Waals surface area contributed by atoms with Crippen LogP contribution in [0.1, 0.15) is 18.4 Å². The lowest BCUT2D eigenvalue weighted by Gasteiger charge is -1.96. The van der Waals surface area contributed by atoms with Crippen molar-refractivity contribution in [3.63, 3.8) is 0 Å². The number of benzene rings is 2. The predicted molar refractivity (Wildman–Crippen MR) is 81.2 cm³/mol. The number of aryl methyl sites for hydroxylation is 1. The van der Waals surface area contributed by atoms with Crippen LogP contribution in [0.2, 0.25) is 0 Å². The van der Waals surface area contributed by atoms with Crippen molar-refractivity contribution in [2.75, 3.05) is 0 Å². The van der Waals surface area contributed by atoms with Gasteiger partial charge in [0.1, 0.15) is 0 Å². The molecule has 3 aromatic rings. The molecule has 1 aromatic heterocycles. The molecule has 3 heteroatoms. The molecule has 0 aliphatic carbocycles. The van der Waals surface area contributed by atoms with Crippen LogP contribution in [0.15, 0.2) is 54.9 Å². The molecular weight excluding hydrogens is 246 g/mol. The number of hydrogen-bond acceptors (Lipinski definition) is 0. The molecule has 1 atom stereocenters. The SMILES string of the molecule is CC1C=[N+](n2c[n+](C)c3ccccc32)c2ccccc21. The molecule has 1 unspecified atom stereocenters. The normalized spacial score (nSPS) is 17.3. The van der Waals surface area contributed by atoms with E-state index in [9.17, 15) is 0 Å². The van der Waals surface area contributed by atoms with Gasteiger partial charge >= 0.3 is 6.33 Å². The minimum Gasteiger partial charge on any atom is -0.227 e. The summed E-state index contributed by atoms with van der Waals surface area (Å²) in [5.74, 6) is 0.442. The van der Waals surface area contributed by atoms with Crippen molar-refractivity contribution in [2.45, 2.75) is 12.8 Å². The molecule has 98 valence electrons. The molecule has 0 radical (unpaired) electrons. The average molecular weight is 263 g/mol. The fourth-order valence-electron chi connectivity index (χ4n) is 3.06. The third-order valence-electron chi connectivity index (χ3n) is 4.06. The molecule has 0 N–H and O–H groups in total. The van der Waals surface area contributed by atoms with Crippen LogP contribution < -0.4 is 9.25 Å². The molecular formula is C17H17N3+2. The molecule has 0 saturated carbocycles. The molecule has 1 aliphatic heterocycles. The number of para-hydroxylation sites is 3. The molecule has 0 fully saturated rings. The minimum atomic E-state index is 0.442. The fraction of sp³-hybridized carbons (Fsp3) is 0.176. The Morgan fingerprint density at radius 1 is 1.00 bits per heavy atom. The highest BCUT2D eigenvalue weighted by Crippen LogP contribution is 2.30. The van der Waals surface area contributed by atoms with Gasteiger partial charge in [-0.2, -0.15) is 0 Å². The first-order valence-corrected chi connectivity index (χ1v) is 6.95. The van der Waals surface area contributed by atoms with Crippen molar-refractivity contribution in [1.82, 2.24) is 9.36 Å². The van der Waals surface area contributed by atoms with Crippen molar-refractivity contribution in [3.05, 3.63) is 60.4 Å². The highest BCUT2D eigenvalue weighted by Gasteiger charge is 2.34. The Labute approximate surface area is 118 Å². The van der Waals surface area contributed by atoms with Gasteiger partial charge in [-0.15, -0.1) is 0 Å². The van der Waals surface area contributed by atoms with Crippen LogP contribution in [0.25, 0.3) is 11.0 Å². The van der Waals surface area contributed by atoms with E-state index < -0.39 is 0 Å². The molecule has 4 rings (SSSR count). The van der Waals surface area contributed by atoms with Crippen molar-refractivity contribution in [1.29, 1.82) is 0 Å². The Morgan fingerprint density at radius 2 is 1.75 bits per heavy atom. The Balaban J connectivity index is 2.00. The summed E-state index contributed by atoms with van der Waals surface area (Å²) < 4.78 is 6.63. The summed E-state index contributed by atoms with van der Waals surface area (Å²) in [5.41, 5.74) is 5.10. The lowest BCUT2D eigenvalue weighted by molar-refractivity contribution is -0.646. The average Bonchev–Trinajstić information content (AvgIpc) is 2.99. The topological polar surface area (TPSA) is 11.8 Å². The van der Waals surface area contributed by atoms with Crippen LogP contribution >= 0.6 is 0 Å². The predicted octanol–water partition coefficient (Wildman–Crippen LogP) is 2.62. The third-order valence-corrected chi connectivity index (χ3v) is 4.06. The van der Waals surface area contributed by atoms with Gasteiger partial charge in [0.05, 0.1) is 13.0 Å². The maximum absolute atomic E-state index is 2.27. The molecule has 3 nitrogen and oxygen atoms in total. The van der Waals surface area contributed by atoms with E-state index in [0.29, 0.717) is 5.92 Å².